The average Bonchev–Trinajstić information content (AvgIpc) is 3.16. The number of rotatable bonds is 5. The summed E-state index contributed by atoms with van der Waals surface area (Å²) in [5, 5.41) is 10.3. The first kappa shape index (κ1) is 18.3. The van der Waals surface area contributed by atoms with Gasteiger partial charge in [0.05, 0.1) is 12.3 Å². The van der Waals surface area contributed by atoms with Gasteiger partial charge in [-0.1, -0.05) is 18.2 Å². The van der Waals surface area contributed by atoms with Crippen molar-refractivity contribution < 1.29 is 9.53 Å². The summed E-state index contributed by atoms with van der Waals surface area (Å²) in [6.07, 6.45) is 6.41. The van der Waals surface area contributed by atoms with Gasteiger partial charge in [-0.3, -0.25) is 4.79 Å². The van der Waals surface area contributed by atoms with Crippen LogP contribution >= 0.6 is 11.8 Å². The first-order valence-electron chi connectivity index (χ1n) is 9.09. The van der Waals surface area contributed by atoms with Gasteiger partial charge in [0.15, 0.2) is 0 Å². The number of para-hydroxylation sites is 1. The predicted molar refractivity (Wildman–Crippen MR) is 106 cm³/mol. The first-order valence-corrected chi connectivity index (χ1v) is 10.1. The number of nitriles is 1. The molecule has 2 aromatic heterocycles. The Hall–Kier alpha value is -3.05. The summed E-state index contributed by atoms with van der Waals surface area (Å²) in [5.41, 5.74) is 1.24. The third kappa shape index (κ3) is 3.94. The maximum atomic E-state index is 12.7. The van der Waals surface area contributed by atoms with Crippen LogP contribution in [-0.2, 0) is 4.79 Å². The van der Waals surface area contributed by atoms with Crippen LogP contribution in [0.4, 0.5) is 0 Å². The second-order valence-electron chi connectivity index (χ2n) is 6.53. The summed E-state index contributed by atoms with van der Waals surface area (Å²) in [6.45, 7) is 1.22. The van der Waals surface area contributed by atoms with Gasteiger partial charge >= 0.3 is 0 Å². The maximum Gasteiger partial charge on any atom is 0.251 e. The zero-order valence-electron chi connectivity index (χ0n) is 15.2. The van der Waals surface area contributed by atoms with Crippen LogP contribution in [0.15, 0.2) is 47.8 Å². The molecule has 0 radical (unpaired) electrons. The number of piperidine rings is 1. The maximum absolute atomic E-state index is 12.7. The Morgan fingerprint density at radius 3 is 3.11 bits per heavy atom. The third-order valence-corrected chi connectivity index (χ3v) is 5.72. The molecule has 1 amide bonds. The Morgan fingerprint density at radius 1 is 1.36 bits per heavy atom. The number of nitrogens with one attached hydrogen (secondary N) is 1. The molecule has 0 spiro atoms. The lowest BCUT2D eigenvalue weighted by atomic mass is 10.1. The number of nitrogens with zero attached hydrogens (tertiary/aromatic N) is 4. The fourth-order valence-electron chi connectivity index (χ4n) is 3.30. The lowest BCUT2D eigenvalue weighted by molar-refractivity contribution is -0.130. The van der Waals surface area contributed by atoms with E-state index in [2.05, 4.69) is 21.0 Å². The highest BCUT2D eigenvalue weighted by atomic mass is 32.2. The van der Waals surface area contributed by atoms with Crippen LogP contribution in [-0.4, -0.2) is 50.7 Å². The molecule has 1 aliphatic rings. The number of H-pyrrole nitrogens is 1. The normalized spacial score (nSPS) is 16.7. The van der Waals surface area contributed by atoms with E-state index in [4.69, 9.17) is 10.00 Å². The monoisotopic (exact) mass is 393 g/mol. The molecule has 0 bridgehead atoms. The third-order valence-electron chi connectivity index (χ3n) is 4.68. The van der Waals surface area contributed by atoms with Gasteiger partial charge < -0.3 is 14.6 Å². The molecule has 28 heavy (non-hydrogen) atoms. The minimum atomic E-state index is -0.181. The fourth-order valence-corrected chi connectivity index (χ4v) is 4.24. The average molecular weight is 393 g/mol. The number of benzene rings is 1. The first-order chi connectivity index (χ1) is 13.7. The van der Waals surface area contributed by atoms with Gasteiger partial charge in [0.2, 0.25) is 11.6 Å². The molecule has 3 heterocycles. The van der Waals surface area contributed by atoms with Crippen molar-refractivity contribution in [3.8, 4) is 11.9 Å². The molecule has 0 aliphatic carbocycles. The van der Waals surface area contributed by atoms with Crippen LogP contribution in [0.2, 0.25) is 0 Å². The quantitative estimate of drug-likeness (QED) is 0.670. The molecule has 1 aromatic carbocycles. The molecule has 8 heteroatoms. The van der Waals surface area contributed by atoms with Crippen LogP contribution in [0.3, 0.4) is 0 Å². The smallest absolute Gasteiger partial charge is 0.251 e. The van der Waals surface area contributed by atoms with Crippen LogP contribution < -0.4 is 4.74 Å². The number of ether oxygens (including phenoxy) is 1. The molecule has 1 saturated heterocycles. The number of aromatic amines is 1. The Morgan fingerprint density at radius 2 is 2.21 bits per heavy atom. The molecule has 142 valence electrons. The van der Waals surface area contributed by atoms with Crippen molar-refractivity contribution in [1.29, 1.82) is 5.26 Å². The highest BCUT2D eigenvalue weighted by Gasteiger charge is 2.26. The Labute approximate surface area is 166 Å². The van der Waals surface area contributed by atoms with Gasteiger partial charge in [-0.2, -0.15) is 5.26 Å². The van der Waals surface area contributed by atoms with Gasteiger partial charge in [0.25, 0.3) is 5.88 Å². The number of likely N-dealkylation sites (tertiary alicyclic amines) is 1. The van der Waals surface area contributed by atoms with Crippen molar-refractivity contribution in [2.75, 3.05) is 18.8 Å². The molecule has 1 fully saturated rings. The second-order valence-corrected chi connectivity index (χ2v) is 7.55. The highest BCUT2D eigenvalue weighted by Crippen LogP contribution is 2.28. The Bertz CT molecular complexity index is 1030. The standard InChI is InChI=1S/C20H19N5O2S/c21-10-17-20(23-8-7-22-17)27-14-4-3-9-25(12-14)19(26)13-28-18-11-24-16-6-2-1-5-15(16)18/h1-2,5-8,11,14,24H,3-4,9,12-13H2. The zero-order valence-corrected chi connectivity index (χ0v) is 16.0. The minimum absolute atomic E-state index is 0.0863. The molecule has 4 rings (SSSR count). The number of thioether (sulfide) groups is 1. The van der Waals surface area contributed by atoms with Crippen molar-refractivity contribution in [3.05, 3.63) is 48.5 Å². The van der Waals surface area contributed by atoms with E-state index < -0.39 is 0 Å². The van der Waals surface area contributed by atoms with Crippen LogP contribution in [0.5, 0.6) is 5.88 Å². The number of hydrogen-bond acceptors (Lipinski definition) is 6. The van der Waals surface area contributed by atoms with E-state index >= 15 is 0 Å². The topological polar surface area (TPSA) is 94.9 Å². The van der Waals surface area contributed by atoms with Crippen molar-refractivity contribution in [2.24, 2.45) is 0 Å². The van der Waals surface area contributed by atoms with Crippen molar-refractivity contribution in [3.63, 3.8) is 0 Å². The number of aromatic nitrogens is 3. The van der Waals surface area contributed by atoms with Crippen molar-refractivity contribution in [1.82, 2.24) is 19.9 Å². The van der Waals surface area contributed by atoms with Gasteiger partial charge in [-0.25, -0.2) is 9.97 Å². The number of carbonyl (C=O) groups is 1. The second kappa shape index (κ2) is 8.31. The number of amides is 1. The summed E-state index contributed by atoms with van der Waals surface area (Å²) in [7, 11) is 0. The Balaban J connectivity index is 1.36. The SMILES string of the molecule is N#Cc1nccnc1OC1CCCN(C(=O)CSc2c[nH]c3ccccc23)C1. The van der Waals surface area contributed by atoms with E-state index in [0.29, 0.717) is 12.3 Å². The molecule has 7 nitrogen and oxygen atoms in total. The number of hydrogen-bond donors (Lipinski definition) is 1. The van der Waals surface area contributed by atoms with Gasteiger partial charge in [0.1, 0.15) is 12.2 Å². The predicted octanol–water partition coefficient (Wildman–Crippen LogP) is 2.99. The summed E-state index contributed by atoms with van der Waals surface area (Å²) in [6, 6.07) is 10.0. The van der Waals surface area contributed by atoms with E-state index in [-0.39, 0.29) is 23.6 Å². The van der Waals surface area contributed by atoms with E-state index in [1.807, 2.05) is 35.4 Å². The largest absolute Gasteiger partial charge is 0.470 e. The summed E-state index contributed by atoms with van der Waals surface area (Å²) in [5.74, 6) is 0.698. The van der Waals surface area contributed by atoms with E-state index in [0.717, 1.165) is 35.2 Å². The van der Waals surface area contributed by atoms with Crippen LogP contribution in [0.1, 0.15) is 18.5 Å². The molecule has 1 N–H and O–H groups in total. The highest BCUT2D eigenvalue weighted by molar-refractivity contribution is 8.00. The molecular formula is C20H19N5O2S. The molecule has 1 aliphatic heterocycles. The lowest BCUT2D eigenvalue weighted by Gasteiger charge is -2.32. The van der Waals surface area contributed by atoms with Crippen LogP contribution in [0.25, 0.3) is 10.9 Å². The zero-order chi connectivity index (χ0) is 19.3. The molecule has 1 unspecified atom stereocenters. The fraction of sp³-hybridized carbons (Fsp3) is 0.300. The van der Waals surface area contributed by atoms with Gasteiger partial charge in [0, 0.05) is 40.9 Å². The Kier molecular flexibility index (Phi) is 5.44. The van der Waals surface area contributed by atoms with Gasteiger partial charge in [-0.15, -0.1) is 11.8 Å². The van der Waals surface area contributed by atoms with Crippen molar-refractivity contribution in [2.45, 2.75) is 23.8 Å². The van der Waals surface area contributed by atoms with E-state index in [9.17, 15) is 4.79 Å². The molecule has 3 aromatic rings. The minimum Gasteiger partial charge on any atom is -0.470 e. The van der Waals surface area contributed by atoms with Crippen LogP contribution in [0, 0.1) is 11.3 Å². The summed E-state index contributed by atoms with van der Waals surface area (Å²) in [4.78, 5) is 26.9. The van der Waals surface area contributed by atoms with E-state index in [1.54, 1.807) is 11.8 Å². The van der Waals surface area contributed by atoms with Crippen molar-refractivity contribution >= 4 is 28.6 Å². The lowest BCUT2D eigenvalue weighted by Crippen LogP contribution is -2.45. The van der Waals surface area contributed by atoms with E-state index in [1.165, 1.54) is 12.4 Å². The molecule has 0 saturated carbocycles. The summed E-state index contributed by atoms with van der Waals surface area (Å²) >= 11 is 1.54. The molecular weight excluding hydrogens is 374 g/mol. The number of carbonyl (C=O) groups excluding carboxylic acids is 1. The van der Waals surface area contributed by atoms with Gasteiger partial charge in [-0.05, 0) is 18.9 Å². The number of fused-ring (bicyclic) bond motifs is 1. The molecule has 1 atom stereocenters. The summed E-state index contributed by atoms with van der Waals surface area (Å²) < 4.78 is 5.86.